The van der Waals surface area contributed by atoms with Crippen LogP contribution in [0.25, 0.3) is 0 Å². The van der Waals surface area contributed by atoms with Gasteiger partial charge in [0, 0.05) is 12.1 Å². The Bertz CT molecular complexity index is 431. The van der Waals surface area contributed by atoms with E-state index in [2.05, 4.69) is 0 Å². The molecule has 0 saturated carbocycles. The highest BCUT2D eigenvalue weighted by atomic mass is 16.2. The molecule has 0 radical (unpaired) electrons. The van der Waals surface area contributed by atoms with Crippen molar-refractivity contribution >= 4 is 11.7 Å². The van der Waals surface area contributed by atoms with Gasteiger partial charge in [-0.3, -0.25) is 9.59 Å². The number of carbonyl (C=O) groups excluding carboxylic acids is 2. The summed E-state index contributed by atoms with van der Waals surface area (Å²) in [5, 5.41) is 0. The van der Waals surface area contributed by atoms with E-state index < -0.39 is 6.04 Å². The molecular formula is C14H18N2O2. The molecule has 2 rings (SSSR count). The van der Waals surface area contributed by atoms with Crippen LogP contribution in [0.15, 0.2) is 30.3 Å². The van der Waals surface area contributed by atoms with Gasteiger partial charge >= 0.3 is 0 Å². The third-order valence-corrected chi connectivity index (χ3v) is 3.25. The molecular weight excluding hydrogens is 228 g/mol. The lowest BCUT2D eigenvalue weighted by Gasteiger charge is -2.21. The Balaban J connectivity index is 2.04. The van der Waals surface area contributed by atoms with Crippen LogP contribution >= 0.6 is 0 Å². The summed E-state index contributed by atoms with van der Waals surface area (Å²) in [6.45, 7) is 0.766. The highest BCUT2D eigenvalue weighted by molar-refractivity contribution is 5.99. The molecule has 1 aromatic carbocycles. The molecule has 18 heavy (non-hydrogen) atoms. The predicted molar refractivity (Wildman–Crippen MR) is 69.2 cm³/mol. The van der Waals surface area contributed by atoms with Gasteiger partial charge in [0.1, 0.15) is 0 Å². The number of hydrogen-bond donors (Lipinski definition) is 1. The molecule has 0 spiro atoms. The highest BCUT2D eigenvalue weighted by Gasteiger charge is 2.25. The van der Waals surface area contributed by atoms with Crippen molar-refractivity contribution in [3.8, 4) is 0 Å². The van der Waals surface area contributed by atoms with E-state index >= 15 is 0 Å². The smallest absolute Gasteiger partial charge is 0.239 e. The second-order valence-corrected chi connectivity index (χ2v) is 4.65. The van der Waals surface area contributed by atoms with E-state index in [9.17, 15) is 9.59 Å². The standard InChI is InChI=1S/C14H18N2O2/c15-12-8-4-5-9-16(14(12)18)10-13(17)11-6-2-1-3-7-11/h1-3,6-7,12H,4-5,8-10,15H2/t12-/m0/s1. The van der Waals surface area contributed by atoms with Gasteiger partial charge in [0.25, 0.3) is 0 Å². The Hall–Kier alpha value is -1.68. The first-order valence-corrected chi connectivity index (χ1v) is 6.31. The molecule has 1 aromatic rings. The Kier molecular flexibility index (Phi) is 4.10. The molecule has 2 N–H and O–H groups in total. The zero-order chi connectivity index (χ0) is 13.0. The van der Waals surface area contributed by atoms with Crippen molar-refractivity contribution in [1.82, 2.24) is 4.90 Å². The van der Waals surface area contributed by atoms with E-state index in [4.69, 9.17) is 5.73 Å². The second kappa shape index (κ2) is 5.78. The van der Waals surface area contributed by atoms with E-state index in [1.807, 2.05) is 18.2 Å². The van der Waals surface area contributed by atoms with E-state index in [1.165, 1.54) is 0 Å². The molecule has 1 heterocycles. The molecule has 1 aliphatic heterocycles. The van der Waals surface area contributed by atoms with Gasteiger partial charge in [0.15, 0.2) is 5.78 Å². The van der Waals surface area contributed by atoms with Crippen molar-refractivity contribution in [2.75, 3.05) is 13.1 Å². The van der Waals surface area contributed by atoms with Crippen molar-refractivity contribution in [3.63, 3.8) is 0 Å². The van der Waals surface area contributed by atoms with Gasteiger partial charge in [-0.05, 0) is 19.3 Å². The van der Waals surface area contributed by atoms with Gasteiger partial charge in [0.2, 0.25) is 5.91 Å². The van der Waals surface area contributed by atoms with Crippen molar-refractivity contribution in [2.45, 2.75) is 25.3 Å². The molecule has 96 valence electrons. The van der Waals surface area contributed by atoms with E-state index in [-0.39, 0.29) is 18.2 Å². The molecule has 0 aliphatic carbocycles. The fraction of sp³-hybridized carbons (Fsp3) is 0.429. The lowest BCUT2D eigenvalue weighted by atomic mass is 10.1. The maximum absolute atomic E-state index is 12.0. The molecule has 1 saturated heterocycles. The van der Waals surface area contributed by atoms with Gasteiger partial charge in [-0.25, -0.2) is 0 Å². The number of benzene rings is 1. The number of carbonyl (C=O) groups is 2. The van der Waals surface area contributed by atoms with Crippen LogP contribution in [-0.2, 0) is 4.79 Å². The van der Waals surface area contributed by atoms with E-state index in [1.54, 1.807) is 17.0 Å². The third kappa shape index (κ3) is 2.96. The minimum Gasteiger partial charge on any atom is -0.334 e. The summed E-state index contributed by atoms with van der Waals surface area (Å²) in [5.74, 6) is -0.130. The van der Waals surface area contributed by atoms with Crippen LogP contribution in [0.4, 0.5) is 0 Å². The molecule has 0 unspecified atom stereocenters. The first kappa shape index (κ1) is 12.8. The minimum atomic E-state index is -0.448. The Morgan fingerprint density at radius 2 is 2.00 bits per heavy atom. The fourth-order valence-electron chi connectivity index (χ4n) is 2.18. The van der Waals surface area contributed by atoms with Crippen molar-refractivity contribution < 1.29 is 9.59 Å². The summed E-state index contributed by atoms with van der Waals surface area (Å²) in [4.78, 5) is 25.6. The van der Waals surface area contributed by atoms with Crippen LogP contribution in [0.1, 0.15) is 29.6 Å². The van der Waals surface area contributed by atoms with Gasteiger partial charge < -0.3 is 10.6 Å². The summed E-state index contributed by atoms with van der Waals surface area (Å²) in [6.07, 6.45) is 2.58. The van der Waals surface area contributed by atoms with Crippen molar-refractivity contribution in [1.29, 1.82) is 0 Å². The number of ketones is 1. The van der Waals surface area contributed by atoms with Crippen LogP contribution in [0.3, 0.4) is 0 Å². The van der Waals surface area contributed by atoms with Crippen LogP contribution < -0.4 is 5.73 Å². The maximum atomic E-state index is 12.0. The molecule has 4 nitrogen and oxygen atoms in total. The molecule has 1 fully saturated rings. The third-order valence-electron chi connectivity index (χ3n) is 3.25. The number of hydrogen-bond acceptors (Lipinski definition) is 3. The zero-order valence-electron chi connectivity index (χ0n) is 10.3. The van der Waals surface area contributed by atoms with Crippen molar-refractivity contribution in [3.05, 3.63) is 35.9 Å². The quantitative estimate of drug-likeness (QED) is 0.815. The molecule has 4 heteroatoms. The van der Waals surface area contributed by atoms with Gasteiger partial charge in [-0.2, -0.15) is 0 Å². The average Bonchev–Trinajstić information content (AvgIpc) is 2.55. The summed E-state index contributed by atoms with van der Waals surface area (Å²) < 4.78 is 0. The minimum absolute atomic E-state index is 0.0296. The molecule has 1 atom stereocenters. The monoisotopic (exact) mass is 246 g/mol. The maximum Gasteiger partial charge on any atom is 0.239 e. The van der Waals surface area contributed by atoms with Crippen LogP contribution in [-0.4, -0.2) is 35.7 Å². The number of amides is 1. The molecule has 0 aromatic heterocycles. The topological polar surface area (TPSA) is 63.4 Å². The van der Waals surface area contributed by atoms with E-state index in [0.29, 0.717) is 12.1 Å². The number of likely N-dealkylation sites (tertiary alicyclic amines) is 1. The summed E-state index contributed by atoms with van der Waals surface area (Å²) in [5.41, 5.74) is 6.42. The summed E-state index contributed by atoms with van der Waals surface area (Å²) >= 11 is 0. The Morgan fingerprint density at radius 1 is 1.28 bits per heavy atom. The van der Waals surface area contributed by atoms with Crippen molar-refractivity contribution in [2.24, 2.45) is 5.73 Å². The molecule has 0 bridgehead atoms. The molecule has 1 amide bonds. The lowest BCUT2D eigenvalue weighted by molar-refractivity contribution is -0.131. The predicted octanol–water partition coefficient (Wildman–Crippen LogP) is 1.21. The first-order valence-electron chi connectivity index (χ1n) is 6.31. The Morgan fingerprint density at radius 3 is 2.72 bits per heavy atom. The second-order valence-electron chi connectivity index (χ2n) is 4.65. The molecule has 1 aliphatic rings. The van der Waals surface area contributed by atoms with Crippen LogP contribution in [0.5, 0.6) is 0 Å². The van der Waals surface area contributed by atoms with E-state index in [0.717, 1.165) is 19.3 Å². The lowest BCUT2D eigenvalue weighted by Crippen LogP contribution is -2.44. The largest absolute Gasteiger partial charge is 0.334 e. The summed E-state index contributed by atoms with van der Waals surface area (Å²) in [6, 6.07) is 8.60. The Labute approximate surface area is 107 Å². The summed E-state index contributed by atoms with van der Waals surface area (Å²) in [7, 11) is 0. The fourth-order valence-corrected chi connectivity index (χ4v) is 2.18. The number of nitrogens with zero attached hydrogens (tertiary/aromatic N) is 1. The average molecular weight is 246 g/mol. The number of Topliss-reactive ketones (excluding diaryl/α,β-unsaturated/α-hetero) is 1. The first-order chi connectivity index (χ1) is 8.68. The highest BCUT2D eigenvalue weighted by Crippen LogP contribution is 2.11. The van der Waals surface area contributed by atoms with Crippen LogP contribution in [0, 0.1) is 0 Å². The SMILES string of the molecule is N[C@H]1CCCCN(CC(=O)c2ccccc2)C1=O. The number of nitrogens with two attached hydrogens (primary N) is 1. The van der Waals surface area contributed by atoms with Crippen LogP contribution in [0.2, 0.25) is 0 Å². The zero-order valence-corrected chi connectivity index (χ0v) is 10.3. The van der Waals surface area contributed by atoms with Gasteiger partial charge in [0.05, 0.1) is 12.6 Å². The van der Waals surface area contributed by atoms with Gasteiger partial charge in [-0.1, -0.05) is 30.3 Å². The normalized spacial score (nSPS) is 20.6. The van der Waals surface area contributed by atoms with Gasteiger partial charge in [-0.15, -0.1) is 0 Å². The number of rotatable bonds is 3.